The fourth-order valence-corrected chi connectivity index (χ4v) is 2.24. The van der Waals surface area contributed by atoms with E-state index in [-0.39, 0.29) is 11.6 Å². The van der Waals surface area contributed by atoms with E-state index in [9.17, 15) is 9.59 Å². The van der Waals surface area contributed by atoms with E-state index in [1.165, 1.54) is 19.6 Å². The highest BCUT2D eigenvalue weighted by molar-refractivity contribution is 5.86. The molecule has 0 aromatic carbocycles. The average Bonchev–Trinajstić information content (AvgIpc) is 2.55. The van der Waals surface area contributed by atoms with Crippen LogP contribution in [0, 0.1) is 0 Å². The molecular formula is C14H20N4O3. The van der Waals surface area contributed by atoms with Gasteiger partial charge in [0.15, 0.2) is 5.69 Å². The number of carbonyl (C=O) groups excluding carboxylic acids is 2. The zero-order valence-electron chi connectivity index (χ0n) is 12.2. The van der Waals surface area contributed by atoms with Crippen LogP contribution in [0.1, 0.15) is 36.2 Å². The summed E-state index contributed by atoms with van der Waals surface area (Å²) in [6, 6.07) is 3.18. The third-order valence-corrected chi connectivity index (χ3v) is 3.41. The highest BCUT2D eigenvalue weighted by Gasteiger charge is 2.15. The predicted molar refractivity (Wildman–Crippen MR) is 76.9 cm³/mol. The Kier molecular flexibility index (Phi) is 5.48. The number of anilines is 1. The molecule has 1 aromatic heterocycles. The minimum Gasteiger partial charge on any atom is -0.464 e. The van der Waals surface area contributed by atoms with E-state index in [2.05, 4.69) is 20.3 Å². The van der Waals surface area contributed by atoms with Gasteiger partial charge >= 0.3 is 5.97 Å². The molecule has 1 amide bonds. The number of piperidine rings is 1. The lowest BCUT2D eigenvalue weighted by molar-refractivity contribution is -0.131. The molecule has 21 heavy (non-hydrogen) atoms. The summed E-state index contributed by atoms with van der Waals surface area (Å²) in [5.41, 5.74) is 0.160. The number of carbonyl (C=O) groups is 2. The van der Waals surface area contributed by atoms with Crippen LogP contribution >= 0.6 is 0 Å². The van der Waals surface area contributed by atoms with Gasteiger partial charge in [-0.3, -0.25) is 4.79 Å². The van der Waals surface area contributed by atoms with E-state index in [0.29, 0.717) is 18.8 Å². The molecule has 0 bridgehead atoms. The number of rotatable bonds is 5. The maximum absolute atomic E-state index is 12.0. The third kappa shape index (κ3) is 4.40. The van der Waals surface area contributed by atoms with Gasteiger partial charge in [0.25, 0.3) is 0 Å². The summed E-state index contributed by atoms with van der Waals surface area (Å²) in [6.45, 7) is 2.24. The summed E-state index contributed by atoms with van der Waals surface area (Å²) >= 11 is 0. The van der Waals surface area contributed by atoms with Crippen molar-refractivity contribution in [3.05, 3.63) is 17.8 Å². The van der Waals surface area contributed by atoms with Gasteiger partial charge in [-0.1, -0.05) is 0 Å². The molecule has 0 radical (unpaired) electrons. The monoisotopic (exact) mass is 292 g/mol. The van der Waals surface area contributed by atoms with Crippen LogP contribution in [-0.2, 0) is 9.53 Å². The highest BCUT2D eigenvalue weighted by Crippen LogP contribution is 2.10. The molecule has 7 nitrogen and oxygen atoms in total. The van der Waals surface area contributed by atoms with E-state index in [1.807, 2.05) is 4.90 Å². The zero-order chi connectivity index (χ0) is 15.1. The van der Waals surface area contributed by atoms with Gasteiger partial charge in [0.2, 0.25) is 5.91 Å². The number of amides is 1. The molecule has 7 heteroatoms. The molecule has 1 fully saturated rings. The minimum absolute atomic E-state index is 0.160. The quantitative estimate of drug-likeness (QED) is 0.817. The lowest BCUT2D eigenvalue weighted by Gasteiger charge is -2.26. The van der Waals surface area contributed by atoms with Crippen LogP contribution in [0.2, 0.25) is 0 Å². The van der Waals surface area contributed by atoms with Crippen LogP contribution in [0.15, 0.2) is 12.1 Å². The second-order valence-electron chi connectivity index (χ2n) is 4.91. The number of methoxy groups -OCH3 is 1. The smallest absolute Gasteiger partial charge is 0.358 e. The number of likely N-dealkylation sites (tertiary alicyclic amines) is 1. The topological polar surface area (TPSA) is 84.4 Å². The Balaban J connectivity index is 1.75. The molecule has 114 valence electrons. The lowest BCUT2D eigenvalue weighted by Crippen LogP contribution is -2.36. The van der Waals surface area contributed by atoms with Crippen LogP contribution in [-0.4, -0.2) is 53.7 Å². The first-order chi connectivity index (χ1) is 10.2. The summed E-state index contributed by atoms with van der Waals surface area (Å²) < 4.78 is 4.54. The molecule has 0 spiro atoms. The Bertz CT molecular complexity index is 483. The van der Waals surface area contributed by atoms with Gasteiger partial charge in [-0.05, 0) is 31.4 Å². The van der Waals surface area contributed by atoms with Crippen LogP contribution in [0.3, 0.4) is 0 Å². The van der Waals surface area contributed by atoms with Crippen LogP contribution in [0.4, 0.5) is 5.82 Å². The second-order valence-corrected chi connectivity index (χ2v) is 4.91. The molecule has 0 saturated carbocycles. The van der Waals surface area contributed by atoms with Crippen molar-refractivity contribution in [3.8, 4) is 0 Å². The van der Waals surface area contributed by atoms with Crippen molar-refractivity contribution in [1.82, 2.24) is 15.1 Å². The number of aromatic nitrogens is 2. The van der Waals surface area contributed by atoms with Crippen molar-refractivity contribution >= 4 is 17.7 Å². The van der Waals surface area contributed by atoms with E-state index < -0.39 is 5.97 Å². The third-order valence-electron chi connectivity index (χ3n) is 3.41. The van der Waals surface area contributed by atoms with Gasteiger partial charge in [0.05, 0.1) is 7.11 Å². The molecule has 1 aromatic rings. The lowest BCUT2D eigenvalue weighted by atomic mass is 10.1. The normalized spacial score (nSPS) is 14.6. The van der Waals surface area contributed by atoms with Crippen molar-refractivity contribution in [2.45, 2.75) is 25.7 Å². The molecule has 1 N–H and O–H groups in total. The van der Waals surface area contributed by atoms with Crippen molar-refractivity contribution in [3.63, 3.8) is 0 Å². The predicted octanol–water partition coefficient (Wildman–Crippen LogP) is 1.08. The van der Waals surface area contributed by atoms with Crippen molar-refractivity contribution in [2.24, 2.45) is 0 Å². The Morgan fingerprint density at radius 2 is 2.00 bits per heavy atom. The standard InChI is InChI=1S/C14H20N4O3/c1-21-14(20)11-5-6-12(17-16-11)15-8-7-13(19)18-9-3-2-4-10-18/h5-6H,2-4,7-10H2,1H3,(H,15,17). The number of esters is 1. The fraction of sp³-hybridized carbons (Fsp3) is 0.571. The van der Waals surface area contributed by atoms with Gasteiger partial charge in [0, 0.05) is 26.1 Å². The number of nitrogens with zero attached hydrogens (tertiary/aromatic N) is 3. The first-order valence-electron chi connectivity index (χ1n) is 7.14. The molecule has 0 aliphatic carbocycles. The zero-order valence-corrected chi connectivity index (χ0v) is 12.2. The van der Waals surface area contributed by atoms with E-state index >= 15 is 0 Å². The molecule has 0 unspecified atom stereocenters. The van der Waals surface area contributed by atoms with Crippen molar-refractivity contribution in [2.75, 3.05) is 32.1 Å². The number of hydrogen-bond acceptors (Lipinski definition) is 6. The summed E-state index contributed by atoms with van der Waals surface area (Å²) in [7, 11) is 1.29. The highest BCUT2D eigenvalue weighted by atomic mass is 16.5. The molecule has 1 aliphatic rings. The van der Waals surface area contributed by atoms with E-state index in [1.54, 1.807) is 6.07 Å². The van der Waals surface area contributed by atoms with Gasteiger partial charge < -0.3 is 15.0 Å². The summed E-state index contributed by atoms with van der Waals surface area (Å²) in [5, 5.41) is 10.7. The van der Waals surface area contributed by atoms with Crippen LogP contribution in [0.5, 0.6) is 0 Å². The summed E-state index contributed by atoms with van der Waals surface area (Å²) in [6.07, 6.45) is 3.84. The van der Waals surface area contributed by atoms with E-state index in [4.69, 9.17) is 0 Å². The maximum atomic E-state index is 12.0. The maximum Gasteiger partial charge on any atom is 0.358 e. The largest absolute Gasteiger partial charge is 0.464 e. The van der Waals surface area contributed by atoms with Crippen LogP contribution in [0.25, 0.3) is 0 Å². The second kappa shape index (κ2) is 7.56. The number of hydrogen-bond donors (Lipinski definition) is 1. The van der Waals surface area contributed by atoms with Gasteiger partial charge in [-0.25, -0.2) is 4.79 Å². The van der Waals surface area contributed by atoms with Crippen molar-refractivity contribution in [1.29, 1.82) is 0 Å². The molecule has 1 saturated heterocycles. The Morgan fingerprint density at radius 3 is 2.62 bits per heavy atom. The fourth-order valence-electron chi connectivity index (χ4n) is 2.24. The minimum atomic E-state index is -0.519. The number of nitrogens with one attached hydrogen (secondary N) is 1. The Hall–Kier alpha value is -2.18. The molecular weight excluding hydrogens is 272 g/mol. The average molecular weight is 292 g/mol. The SMILES string of the molecule is COC(=O)c1ccc(NCCC(=O)N2CCCCC2)nn1. The first-order valence-corrected chi connectivity index (χ1v) is 7.14. The molecule has 2 heterocycles. The van der Waals surface area contributed by atoms with Crippen molar-refractivity contribution < 1.29 is 14.3 Å². The Labute approximate surface area is 123 Å². The number of ether oxygens (including phenoxy) is 1. The van der Waals surface area contributed by atoms with Gasteiger partial charge in [0.1, 0.15) is 5.82 Å². The molecule has 2 rings (SSSR count). The molecule has 0 atom stereocenters. The first kappa shape index (κ1) is 15.2. The van der Waals surface area contributed by atoms with Gasteiger partial charge in [-0.15, -0.1) is 10.2 Å². The van der Waals surface area contributed by atoms with Crippen LogP contribution < -0.4 is 5.32 Å². The van der Waals surface area contributed by atoms with Gasteiger partial charge in [-0.2, -0.15) is 0 Å². The summed E-state index contributed by atoms with van der Waals surface area (Å²) in [5.74, 6) is 0.185. The summed E-state index contributed by atoms with van der Waals surface area (Å²) in [4.78, 5) is 25.1. The van der Waals surface area contributed by atoms with E-state index in [0.717, 1.165) is 25.9 Å². The molecule has 1 aliphatic heterocycles. The Morgan fingerprint density at radius 1 is 1.24 bits per heavy atom.